The molecule has 1 atom stereocenters. The number of likely N-dealkylation sites (tertiary alicyclic amines) is 1. The van der Waals surface area contributed by atoms with Crippen LogP contribution < -0.4 is 5.73 Å². The smallest absolute Gasteiger partial charge is 0.243 e. The van der Waals surface area contributed by atoms with Gasteiger partial charge in [0.1, 0.15) is 0 Å². The lowest BCUT2D eigenvalue weighted by molar-refractivity contribution is -0.132. The molecule has 0 bridgehead atoms. The summed E-state index contributed by atoms with van der Waals surface area (Å²) in [7, 11) is -3.47. The highest BCUT2D eigenvalue weighted by Gasteiger charge is 2.26. The predicted molar refractivity (Wildman–Crippen MR) is 98.1 cm³/mol. The lowest BCUT2D eigenvalue weighted by Gasteiger charge is -2.30. The van der Waals surface area contributed by atoms with Crippen LogP contribution in [0, 0.1) is 0 Å². The van der Waals surface area contributed by atoms with Crippen LogP contribution in [0.2, 0.25) is 0 Å². The molecular formula is C18H27N3O4S. The van der Waals surface area contributed by atoms with Gasteiger partial charge in [-0.3, -0.25) is 4.79 Å². The summed E-state index contributed by atoms with van der Waals surface area (Å²) in [5.74, 6) is 0.116. The Kier molecular flexibility index (Phi) is 6.29. The van der Waals surface area contributed by atoms with E-state index < -0.39 is 10.0 Å². The summed E-state index contributed by atoms with van der Waals surface area (Å²) in [6, 6.07) is 6.92. The quantitative estimate of drug-likeness (QED) is 0.806. The second kappa shape index (κ2) is 8.47. The van der Waals surface area contributed by atoms with E-state index in [1.54, 1.807) is 24.3 Å². The molecule has 0 saturated carbocycles. The summed E-state index contributed by atoms with van der Waals surface area (Å²) < 4.78 is 31.9. The van der Waals surface area contributed by atoms with Crippen LogP contribution in [0.1, 0.15) is 24.8 Å². The molecule has 1 unspecified atom stereocenters. The van der Waals surface area contributed by atoms with E-state index in [1.807, 2.05) is 4.90 Å². The summed E-state index contributed by atoms with van der Waals surface area (Å²) >= 11 is 0. The van der Waals surface area contributed by atoms with Crippen molar-refractivity contribution in [3.8, 4) is 0 Å². The van der Waals surface area contributed by atoms with Gasteiger partial charge in [-0.1, -0.05) is 12.1 Å². The van der Waals surface area contributed by atoms with Crippen molar-refractivity contribution >= 4 is 15.9 Å². The first kappa shape index (κ1) is 19.3. The molecule has 0 spiro atoms. The molecule has 8 heteroatoms. The van der Waals surface area contributed by atoms with Crippen LogP contribution in [0.5, 0.6) is 0 Å². The summed E-state index contributed by atoms with van der Waals surface area (Å²) in [6.07, 6.45) is 2.95. The molecule has 2 aliphatic heterocycles. The zero-order valence-corrected chi connectivity index (χ0v) is 15.8. The van der Waals surface area contributed by atoms with Crippen molar-refractivity contribution in [2.45, 2.75) is 36.6 Å². The van der Waals surface area contributed by atoms with E-state index in [0.29, 0.717) is 45.7 Å². The second-order valence-electron chi connectivity index (χ2n) is 6.90. The lowest BCUT2D eigenvalue weighted by atomic mass is 10.0. The number of carbonyl (C=O) groups excluding carboxylic acids is 1. The molecule has 2 saturated heterocycles. The number of piperidine rings is 1. The van der Waals surface area contributed by atoms with Crippen LogP contribution in [0.3, 0.4) is 0 Å². The standard InChI is InChI=1S/C18H27N3O4S/c19-16-2-1-9-20(14-16)18(22)8-5-15-3-6-17(7-4-15)26(23,24)21-10-12-25-13-11-21/h3-4,6-7,16H,1-2,5,8-14,19H2. The fraction of sp³-hybridized carbons (Fsp3) is 0.611. The van der Waals surface area contributed by atoms with Crippen molar-refractivity contribution in [3.63, 3.8) is 0 Å². The fourth-order valence-electron chi connectivity index (χ4n) is 3.41. The van der Waals surface area contributed by atoms with Gasteiger partial charge in [0.15, 0.2) is 0 Å². The van der Waals surface area contributed by atoms with E-state index in [4.69, 9.17) is 10.5 Å². The van der Waals surface area contributed by atoms with Crippen molar-refractivity contribution in [2.24, 2.45) is 5.73 Å². The fourth-order valence-corrected chi connectivity index (χ4v) is 4.82. The predicted octanol–water partition coefficient (Wildman–Crippen LogP) is 0.590. The zero-order valence-electron chi connectivity index (χ0n) is 15.0. The Labute approximate surface area is 155 Å². The van der Waals surface area contributed by atoms with Crippen molar-refractivity contribution in [2.75, 3.05) is 39.4 Å². The van der Waals surface area contributed by atoms with Crippen LogP contribution in [-0.2, 0) is 26.0 Å². The van der Waals surface area contributed by atoms with Gasteiger partial charge in [-0.25, -0.2) is 8.42 Å². The third kappa shape index (κ3) is 4.62. The molecule has 1 aromatic carbocycles. The molecule has 144 valence electrons. The number of hydrogen-bond acceptors (Lipinski definition) is 5. The van der Waals surface area contributed by atoms with Crippen molar-refractivity contribution in [1.82, 2.24) is 9.21 Å². The molecule has 2 heterocycles. The van der Waals surface area contributed by atoms with E-state index in [1.165, 1.54) is 4.31 Å². The van der Waals surface area contributed by atoms with Gasteiger partial charge in [0.2, 0.25) is 15.9 Å². The number of morpholine rings is 1. The maximum absolute atomic E-state index is 12.6. The lowest BCUT2D eigenvalue weighted by Crippen LogP contribution is -2.45. The average molecular weight is 381 g/mol. The topological polar surface area (TPSA) is 92.9 Å². The highest BCUT2D eigenvalue weighted by atomic mass is 32.2. The highest BCUT2D eigenvalue weighted by Crippen LogP contribution is 2.18. The van der Waals surface area contributed by atoms with E-state index in [9.17, 15) is 13.2 Å². The van der Waals surface area contributed by atoms with E-state index >= 15 is 0 Å². The third-order valence-electron chi connectivity index (χ3n) is 4.97. The molecular weight excluding hydrogens is 354 g/mol. The monoisotopic (exact) mass is 381 g/mol. The number of amides is 1. The third-order valence-corrected chi connectivity index (χ3v) is 6.88. The molecule has 2 aliphatic rings. The molecule has 1 aromatic rings. The Balaban J connectivity index is 1.56. The first-order chi connectivity index (χ1) is 12.5. The minimum Gasteiger partial charge on any atom is -0.379 e. The number of aryl methyl sites for hydroxylation is 1. The van der Waals surface area contributed by atoms with Crippen LogP contribution in [0.15, 0.2) is 29.2 Å². The maximum atomic E-state index is 12.6. The van der Waals surface area contributed by atoms with Crippen LogP contribution in [0.25, 0.3) is 0 Å². The Morgan fingerprint density at radius 1 is 1.15 bits per heavy atom. The Morgan fingerprint density at radius 2 is 1.85 bits per heavy atom. The number of ether oxygens (including phenoxy) is 1. The van der Waals surface area contributed by atoms with Crippen molar-refractivity contribution in [1.29, 1.82) is 0 Å². The number of rotatable bonds is 5. The van der Waals surface area contributed by atoms with Crippen molar-refractivity contribution in [3.05, 3.63) is 29.8 Å². The number of nitrogens with zero attached hydrogens (tertiary/aromatic N) is 2. The number of nitrogens with two attached hydrogens (primary N) is 1. The first-order valence-corrected chi connectivity index (χ1v) is 10.6. The molecule has 1 amide bonds. The van der Waals surface area contributed by atoms with E-state index in [2.05, 4.69) is 0 Å². The van der Waals surface area contributed by atoms with Crippen LogP contribution in [0.4, 0.5) is 0 Å². The second-order valence-corrected chi connectivity index (χ2v) is 8.84. The SMILES string of the molecule is NC1CCCN(C(=O)CCc2ccc(S(=O)(=O)N3CCOCC3)cc2)C1. The van der Waals surface area contributed by atoms with Gasteiger partial charge in [0.25, 0.3) is 0 Å². The molecule has 26 heavy (non-hydrogen) atoms. The normalized spacial score (nSPS) is 22.3. The van der Waals surface area contributed by atoms with E-state index in [0.717, 1.165) is 24.9 Å². The van der Waals surface area contributed by atoms with Gasteiger partial charge in [-0.2, -0.15) is 4.31 Å². The molecule has 0 aliphatic carbocycles. The zero-order chi connectivity index (χ0) is 18.6. The summed E-state index contributed by atoms with van der Waals surface area (Å²) in [5, 5.41) is 0. The Hall–Kier alpha value is -1.48. The highest BCUT2D eigenvalue weighted by molar-refractivity contribution is 7.89. The largest absolute Gasteiger partial charge is 0.379 e. The van der Waals surface area contributed by atoms with Gasteiger partial charge in [-0.15, -0.1) is 0 Å². The minimum atomic E-state index is -3.47. The number of benzene rings is 1. The van der Waals surface area contributed by atoms with Gasteiger partial charge in [-0.05, 0) is 37.0 Å². The van der Waals surface area contributed by atoms with Crippen molar-refractivity contribution < 1.29 is 17.9 Å². The van der Waals surface area contributed by atoms with E-state index in [-0.39, 0.29) is 16.8 Å². The number of sulfonamides is 1. The molecule has 0 aromatic heterocycles. The number of carbonyl (C=O) groups is 1. The molecule has 3 rings (SSSR count). The molecule has 2 N–H and O–H groups in total. The average Bonchev–Trinajstić information content (AvgIpc) is 2.67. The van der Waals surface area contributed by atoms with Gasteiger partial charge in [0, 0.05) is 38.6 Å². The molecule has 7 nitrogen and oxygen atoms in total. The maximum Gasteiger partial charge on any atom is 0.243 e. The van der Waals surface area contributed by atoms with Gasteiger partial charge >= 0.3 is 0 Å². The summed E-state index contributed by atoms with van der Waals surface area (Å²) in [5.41, 5.74) is 6.89. The Bertz CT molecular complexity index is 714. The van der Waals surface area contributed by atoms with Gasteiger partial charge < -0.3 is 15.4 Å². The van der Waals surface area contributed by atoms with Crippen LogP contribution >= 0.6 is 0 Å². The molecule has 0 radical (unpaired) electrons. The van der Waals surface area contributed by atoms with Crippen LogP contribution in [-0.4, -0.2) is 69.0 Å². The summed E-state index contributed by atoms with van der Waals surface area (Å²) in [6.45, 7) is 3.05. The Morgan fingerprint density at radius 3 is 2.50 bits per heavy atom. The van der Waals surface area contributed by atoms with Gasteiger partial charge in [0.05, 0.1) is 18.1 Å². The first-order valence-electron chi connectivity index (χ1n) is 9.17. The molecule has 2 fully saturated rings. The minimum absolute atomic E-state index is 0.0809. The number of hydrogen-bond donors (Lipinski definition) is 1. The summed E-state index contributed by atoms with van der Waals surface area (Å²) in [4.78, 5) is 14.4.